The molecule has 1 amide bonds. The smallest absolute Gasteiger partial charge is 0.239 e. The second-order valence-corrected chi connectivity index (χ2v) is 10.4. The van der Waals surface area contributed by atoms with Crippen molar-refractivity contribution in [1.29, 1.82) is 0 Å². The number of nitrogens with one attached hydrogen (secondary N) is 2. The summed E-state index contributed by atoms with van der Waals surface area (Å²) in [5, 5.41) is 12.1. The number of rotatable bonds is 7. The lowest BCUT2D eigenvalue weighted by molar-refractivity contribution is -0.120. The fourth-order valence-electron chi connectivity index (χ4n) is 3.64. The number of hydrogen-bond donors (Lipinski definition) is 2. The average Bonchev–Trinajstić information content (AvgIpc) is 3.44. The zero-order chi connectivity index (χ0) is 22.9. The van der Waals surface area contributed by atoms with Crippen molar-refractivity contribution in [3.63, 3.8) is 0 Å². The van der Waals surface area contributed by atoms with Crippen LogP contribution in [0.5, 0.6) is 0 Å². The van der Waals surface area contributed by atoms with Crippen molar-refractivity contribution in [2.45, 2.75) is 52.2 Å². The number of amides is 1. The summed E-state index contributed by atoms with van der Waals surface area (Å²) in [5.74, 6) is 0.819. The Morgan fingerprint density at radius 2 is 2.06 bits per heavy atom. The van der Waals surface area contributed by atoms with Gasteiger partial charge in [-0.25, -0.2) is 4.98 Å². The van der Waals surface area contributed by atoms with Crippen LogP contribution in [0.3, 0.4) is 0 Å². The first-order chi connectivity index (χ1) is 15.2. The number of likely N-dealkylation sites (N-methyl/N-ethyl adjacent to an activating group) is 1. The normalized spacial score (nSPS) is 16.5. The number of carbonyl (C=O) groups excluding carboxylic acids is 1. The first-order valence-corrected chi connectivity index (χ1v) is 11.9. The van der Waals surface area contributed by atoms with Crippen LogP contribution in [-0.4, -0.2) is 58.9 Å². The van der Waals surface area contributed by atoms with E-state index in [1.54, 1.807) is 0 Å². The molecule has 0 bridgehead atoms. The number of nitrogens with zero attached hydrogens (tertiary/aromatic N) is 4. The molecule has 1 saturated heterocycles. The molecular formula is C23H32N6O2S. The quantitative estimate of drug-likeness (QED) is 0.564. The largest absolute Gasteiger partial charge is 0.376 e. The van der Waals surface area contributed by atoms with Crippen molar-refractivity contribution in [2.75, 3.05) is 37.0 Å². The van der Waals surface area contributed by atoms with E-state index in [4.69, 9.17) is 14.8 Å². The molecule has 0 radical (unpaired) electrons. The van der Waals surface area contributed by atoms with Crippen LogP contribution in [0.4, 0.5) is 10.9 Å². The summed E-state index contributed by atoms with van der Waals surface area (Å²) >= 11 is 1.47. The van der Waals surface area contributed by atoms with Crippen molar-refractivity contribution in [2.24, 2.45) is 0 Å². The molecule has 1 fully saturated rings. The first kappa shape index (κ1) is 22.5. The summed E-state index contributed by atoms with van der Waals surface area (Å²) in [6, 6.07) is 8.35. The summed E-state index contributed by atoms with van der Waals surface area (Å²) in [5.41, 5.74) is 2.97. The zero-order valence-corrected chi connectivity index (χ0v) is 20.3. The van der Waals surface area contributed by atoms with E-state index in [0.29, 0.717) is 6.54 Å². The highest BCUT2D eigenvalue weighted by atomic mass is 32.1. The minimum Gasteiger partial charge on any atom is -0.376 e. The maximum Gasteiger partial charge on any atom is 0.239 e. The number of fused-ring (bicyclic) bond motifs is 1. The molecule has 0 saturated carbocycles. The maximum absolute atomic E-state index is 12.4. The Morgan fingerprint density at radius 3 is 2.72 bits per heavy atom. The van der Waals surface area contributed by atoms with E-state index in [9.17, 15) is 4.79 Å². The second-order valence-electron chi connectivity index (χ2n) is 9.42. The molecule has 1 aliphatic heterocycles. The third-order valence-electron chi connectivity index (χ3n) is 5.27. The molecule has 3 aromatic rings. The van der Waals surface area contributed by atoms with E-state index in [1.165, 1.54) is 16.9 Å². The molecule has 2 aromatic heterocycles. The molecule has 0 spiro atoms. The van der Waals surface area contributed by atoms with Gasteiger partial charge in [0.05, 0.1) is 12.6 Å². The van der Waals surface area contributed by atoms with Crippen molar-refractivity contribution >= 4 is 33.2 Å². The van der Waals surface area contributed by atoms with E-state index in [2.05, 4.69) is 62.6 Å². The van der Waals surface area contributed by atoms with Gasteiger partial charge in [-0.05, 0) is 40.5 Å². The lowest BCUT2D eigenvalue weighted by Gasteiger charge is -2.22. The highest BCUT2D eigenvalue weighted by Crippen LogP contribution is 2.34. The highest BCUT2D eigenvalue weighted by molar-refractivity contribution is 7.20. The van der Waals surface area contributed by atoms with Gasteiger partial charge < -0.3 is 20.3 Å². The van der Waals surface area contributed by atoms with Gasteiger partial charge in [-0.3, -0.25) is 4.79 Å². The Bertz CT molecular complexity index is 1080. The number of hydrogen-bond acceptors (Lipinski definition) is 7. The lowest BCUT2D eigenvalue weighted by atomic mass is 10.1. The van der Waals surface area contributed by atoms with Crippen LogP contribution in [-0.2, 0) is 9.53 Å². The highest BCUT2D eigenvalue weighted by Gasteiger charge is 2.23. The molecule has 172 valence electrons. The van der Waals surface area contributed by atoms with Gasteiger partial charge in [-0.1, -0.05) is 41.2 Å². The number of aryl methyl sites for hydroxylation is 1. The van der Waals surface area contributed by atoms with Crippen molar-refractivity contribution < 1.29 is 9.53 Å². The summed E-state index contributed by atoms with van der Waals surface area (Å²) in [6.07, 6.45) is 2.21. The Kier molecular flexibility index (Phi) is 6.39. The van der Waals surface area contributed by atoms with Gasteiger partial charge >= 0.3 is 0 Å². The van der Waals surface area contributed by atoms with Gasteiger partial charge in [-0.2, -0.15) is 4.52 Å². The van der Waals surface area contributed by atoms with Gasteiger partial charge in [0.25, 0.3) is 0 Å². The number of imidazole rings is 1. The van der Waals surface area contributed by atoms with Gasteiger partial charge in [0.1, 0.15) is 5.69 Å². The van der Waals surface area contributed by atoms with Crippen LogP contribution >= 0.6 is 11.3 Å². The third kappa shape index (κ3) is 5.21. The minimum atomic E-state index is -0.159. The maximum atomic E-state index is 12.4. The Hall–Kier alpha value is -2.65. The molecule has 1 aliphatic rings. The molecule has 9 heteroatoms. The van der Waals surface area contributed by atoms with E-state index < -0.39 is 0 Å². The SMILES string of the molecule is Cc1ccc(-c2nc3sc(N(C)CC(=O)NC[C@H]4CCCO4)nn3c2NC(C)(C)C)cc1. The number of carbonyl (C=O) groups is 1. The zero-order valence-electron chi connectivity index (χ0n) is 19.4. The molecule has 32 heavy (non-hydrogen) atoms. The van der Waals surface area contributed by atoms with E-state index in [-0.39, 0.29) is 24.1 Å². The standard InChI is InChI=1S/C23H32N6O2S/c1-15-8-10-16(11-9-15)19-20(26-23(2,3)4)29-21(25-19)32-22(27-29)28(5)14-18(30)24-13-17-7-6-12-31-17/h8-11,17,26H,6-7,12-14H2,1-5H3,(H,24,30)/t17-/m1/s1. The fourth-order valence-corrected chi connectivity index (χ4v) is 4.51. The lowest BCUT2D eigenvalue weighted by Crippen LogP contribution is -2.38. The van der Waals surface area contributed by atoms with Gasteiger partial charge in [0.15, 0.2) is 5.82 Å². The van der Waals surface area contributed by atoms with Gasteiger partial charge in [0, 0.05) is 31.3 Å². The van der Waals surface area contributed by atoms with E-state index >= 15 is 0 Å². The summed E-state index contributed by atoms with van der Waals surface area (Å²) < 4.78 is 7.42. The summed E-state index contributed by atoms with van der Waals surface area (Å²) in [7, 11) is 1.88. The minimum absolute atomic E-state index is 0.0378. The number of benzene rings is 1. The van der Waals surface area contributed by atoms with Crippen molar-refractivity contribution in [3.05, 3.63) is 29.8 Å². The van der Waals surface area contributed by atoms with Crippen LogP contribution < -0.4 is 15.5 Å². The number of anilines is 2. The fraction of sp³-hybridized carbons (Fsp3) is 0.522. The number of ether oxygens (including phenoxy) is 1. The molecular weight excluding hydrogens is 424 g/mol. The van der Waals surface area contributed by atoms with Crippen molar-refractivity contribution in [1.82, 2.24) is 19.9 Å². The Labute approximate surface area is 193 Å². The molecule has 0 unspecified atom stereocenters. The van der Waals surface area contributed by atoms with E-state index in [1.807, 2.05) is 16.5 Å². The first-order valence-electron chi connectivity index (χ1n) is 11.0. The predicted octanol–water partition coefficient (Wildman–Crippen LogP) is 3.71. The Balaban J connectivity index is 1.54. The van der Waals surface area contributed by atoms with Crippen LogP contribution in [0.2, 0.25) is 0 Å². The summed E-state index contributed by atoms with van der Waals surface area (Å²) in [6.45, 7) is 10.00. The Morgan fingerprint density at radius 1 is 1.31 bits per heavy atom. The molecule has 8 nitrogen and oxygen atoms in total. The van der Waals surface area contributed by atoms with E-state index in [0.717, 1.165) is 46.6 Å². The topological polar surface area (TPSA) is 83.8 Å². The summed E-state index contributed by atoms with van der Waals surface area (Å²) in [4.78, 5) is 19.9. The van der Waals surface area contributed by atoms with Crippen molar-refractivity contribution in [3.8, 4) is 11.3 Å². The van der Waals surface area contributed by atoms with Gasteiger partial charge in [-0.15, -0.1) is 5.10 Å². The molecule has 4 rings (SSSR count). The predicted molar refractivity (Wildman–Crippen MR) is 130 cm³/mol. The van der Waals surface area contributed by atoms with Crippen LogP contribution in [0, 0.1) is 6.92 Å². The molecule has 3 heterocycles. The molecule has 1 atom stereocenters. The average molecular weight is 457 g/mol. The second kappa shape index (κ2) is 9.07. The molecule has 0 aliphatic carbocycles. The van der Waals surface area contributed by atoms with Crippen LogP contribution in [0.15, 0.2) is 24.3 Å². The van der Waals surface area contributed by atoms with Gasteiger partial charge in [0.2, 0.25) is 16.0 Å². The molecule has 1 aromatic carbocycles. The third-order valence-corrected chi connectivity index (χ3v) is 6.29. The number of aromatic nitrogens is 3. The monoisotopic (exact) mass is 456 g/mol. The van der Waals surface area contributed by atoms with Crippen LogP contribution in [0.25, 0.3) is 16.2 Å². The van der Waals surface area contributed by atoms with Crippen LogP contribution in [0.1, 0.15) is 39.2 Å². The molecule has 2 N–H and O–H groups in total.